The van der Waals surface area contributed by atoms with Crippen LogP contribution in [0, 0.1) is 6.92 Å². The van der Waals surface area contributed by atoms with Gasteiger partial charge in [0.2, 0.25) is 11.9 Å². The van der Waals surface area contributed by atoms with Crippen molar-refractivity contribution in [3.8, 4) is 0 Å². The van der Waals surface area contributed by atoms with Crippen molar-refractivity contribution < 1.29 is 4.79 Å². The number of rotatable bonds is 5. The number of aromatic nitrogens is 5. The fourth-order valence-electron chi connectivity index (χ4n) is 1.64. The van der Waals surface area contributed by atoms with Crippen LogP contribution in [-0.2, 0) is 11.3 Å². The molecule has 2 rings (SSSR count). The summed E-state index contributed by atoms with van der Waals surface area (Å²) in [5.41, 5.74) is 0. The summed E-state index contributed by atoms with van der Waals surface area (Å²) in [6.45, 7) is 2.38. The maximum absolute atomic E-state index is 12.1. The number of H-pyrrole nitrogens is 1. The van der Waals surface area contributed by atoms with Crippen molar-refractivity contribution in [2.75, 3.05) is 25.5 Å². The minimum Gasteiger partial charge on any atom is -0.337 e. The molecule has 1 N–H and O–H groups in total. The molecule has 0 saturated carbocycles. The van der Waals surface area contributed by atoms with E-state index in [1.807, 2.05) is 6.92 Å². The molecule has 0 aliphatic heterocycles. The first-order valence-corrected chi connectivity index (χ1v) is 6.16. The number of hydrogen-bond donors (Lipinski definition) is 1. The molecule has 8 heteroatoms. The molecule has 0 atom stereocenters. The summed E-state index contributed by atoms with van der Waals surface area (Å²) in [5, 5.41) is 6.76. The third kappa shape index (κ3) is 3.50. The fraction of sp³-hybridized carbons (Fsp3) is 0.417. The van der Waals surface area contributed by atoms with E-state index in [4.69, 9.17) is 0 Å². The van der Waals surface area contributed by atoms with Crippen LogP contribution in [0.25, 0.3) is 0 Å². The van der Waals surface area contributed by atoms with Gasteiger partial charge in [0.15, 0.2) is 5.82 Å². The van der Waals surface area contributed by atoms with E-state index in [0.717, 1.165) is 5.82 Å². The van der Waals surface area contributed by atoms with Crippen LogP contribution in [0.5, 0.6) is 0 Å². The highest BCUT2D eigenvalue weighted by molar-refractivity contribution is 5.80. The second kappa shape index (κ2) is 6.09. The number of nitrogens with one attached hydrogen (secondary N) is 1. The Morgan fingerprint density at radius 2 is 2.00 bits per heavy atom. The van der Waals surface area contributed by atoms with Crippen LogP contribution in [0.4, 0.5) is 5.95 Å². The van der Waals surface area contributed by atoms with Gasteiger partial charge in [-0.1, -0.05) is 0 Å². The van der Waals surface area contributed by atoms with Gasteiger partial charge in [0, 0.05) is 26.5 Å². The molecule has 0 radical (unpaired) electrons. The quantitative estimate of drug-likeness (QED) is 0.825. The molecule has 0 saturated heterocycles. The van der Waals surface area contributed by atoms with Crippen molar-refractivity contribution in [3.63, 3.8) is 0 Å². The largest absolute Gasteiger partial charge is 0.337 e. The van der Waals surface area contributed by atoms with E-state index >= 15 is 0 Å². The van der Waals surface area contributed by atoms with Crippen LogP contribution in [0.15, 0.2) is 18.5 Å². The van der Waals surface area contributed by atoms with Crippen LogP contribution in [-0.4, -0.2) is 56.6 Å². The molecule has 0 unspecified atom stereocenters. The Kier molecular flexibility index (Phi) is 4.24. The molecule has 0 aliphatic carbocycles. The van der Waals surface area contributed by atoms with Crippen LogP contribution in [0.1, 0.15) is 11.6 Å². The predicted octanol–water partition coefficient (Wildman–Crippen LogP) is -0.00208. The predicted molar refractivity (Wildman–Crippen MR) is 72.9 cm³/mol. The Morgan fingerprint density at radius 3 is 2.60 bits per heavy atom. The number of amides is 1. The van der Waals surface area contributed by atoms with Gasteiger partial charge in [0.05, 0.1) is 13.1 Å². The molecule has 0 bridgehead atoms. The molecular formula is C12H17N7O. The van der Waals surface area contributed by atoms with E-state index < -0.39 is 0 Å². The standard InChI is InChI=1S/C12H17N7O/c1-9-15-10(17-16-9)7-18(2)11(20)8-19(3)12-13-5-4-6-14-12/h4-6H,7-8H2,1-3H3,(H,15,16,17). The minimum atomic E-state index is -0.0533. The number of anilines is 1. The van der Waals surface area contributed by atoms with E-state index in [0.29, 0.717) is 18.3 Å². The molecule has 2 aromatic heterocycles. The van der Waals surface area contributed by atoms with Crippen LogP contribution >= 0.6 is 0 Å². The number of aryl methyl sites for hydroxylation is 1. The van der Waals surface area contributed by atoms with E-state index in [1.54, 1.807) is 42.4 Å². The van der Waals surface area contributed by atoms with Crippen LogP contribution in [0.2, 0.25) is 0 Å². The van der Waals surface area contributed by atoms with E-state index in [1.165, 1.54) is 0 Å². The number of nitrogens with zero attached hydrogens (tertiary/aromatic N) is 6. The third-order valence-corrected chi connectivity index (χ3v) is 2.71. The second-order valence-electron chi connectivity index (χ2n) is 4.49. The van der Waals surface area contributed by atoms with Gasteiger partial charge in [-0.25, -0.2) is 15.0 Å². The smallest absolute Gasteiger partial charge is 0.242 e. The van der Waals surface area contributed by atoms with E-state index in [2.05, 4.69) is 25.1 Å². The third-order valence-electron chi connectivity index (χ3n) is 2.71. The Balaban J connectivity index is 1.91. The average molecular weight is 275 g/mol. The first kappa shape index (κ1) is 13.9. The van der Waals surface area contributed by atoms with Gasteiger partial charge >= 0.3 is 0 Å². The van der Waals surface area contributed by atoms with Crippen molar-refractivity contribution >= 4 is 11.9 Å². The molecule has 2 heterocycles. The van der Waals surface area contributed by atoms with Gasteiger partial charge < -0.3 is 9.80 Å². The lowest BCUT2D eigenvalue weighted by atomic mass is 10.4. The molecule has 2 aromatic rings. The highest BCUT2D eigenvalue weighted by atomic mass is 16.2. The molecule has 106 valence electrons. The SMILES string of the molecule is Cc1nc(CN(C)C(=O)CN(C)c2ncccn2)n[nH]1. The summed E-state index contributed by atoms with van der Waals surface area (Å²) in [6, 6.07) is 1.73. The lowest BCUT2D eigenvalue weighted by Crippen LogP contribution is -2.37. The summed E-state index contributed by atoms with van der Waals surface area (Å²) in [4.78, 5) is 27.7. The van der Waals surface area contributed by atoms with E-state index in [-0.39, 0.29) is 12.5 Å². The van der Waals surface area contributed by atoms with Gasteiger partial charge in [-0.2, -0.15) is 5.10 Å². The number of hydrogen-bond acceptors (Lipinski definition) is 6. The van der Waals surface area contributed by atoms with Crippen molar-refractivity contribution in [1.82, 2.24) is 30.0 Å². The topological polar surface area (TPSA) is 90.9 Å². The van der Waals surface area contributed by atoms with Crippen molar-refractivity contribution in [2.45, 2.75) is 13.5 Å². The maximum atomic E-state index is 12.1. The lowest BCUT2D eigenvalue weighted by Gasteiger charge is -2.20. The van der Waals surface area contributed by atoms with Crippen molar-refractivity contribution in [1.29, 1.82) is 0 Å². The monoisotopic (exact) mass is 275 g/mol. The zero-order valence-electron chi connectivity index (χ0n) is 11.7. The van der Waals surface area contributed by atoms with Gasteiger partial charge in [-0.15, -0.1) is 0 Å². The minimum absolute atomic E-state index is 0.0533. The Morgan fingerprint density at radius 1 is 1.30 bits per heavy atom. The second-order valence-corrected chi connectivity index (χ2v) is 4.49. The Bertz CT molecular complexity index is 568. The lowest BCUT2D eigenvalue weighted by molar-refractivity contribution is -0.129. The number of carbonyl (C=O) groups is 1. The normalized spacial score (nSPS) is 10.3. The Labute approximate surface area is 116 Å². The van der Waals surface area contributed by atoms with Crippen molar-refractivity contribution in [2.24, 2.45) is 0 Å². The molecule has 1 amide bonds. The van der Waals surface area contributed by atoms with Gasteiger partial charge in [-0.05, 0) is 13.0 Å². The van der Waals surface area contributed by atoms with Crippen LogP contribution < -0.4 is 4.90 Å². The molecule has 0 spiro atoms. The Hall–Kier alpha value is -2.51. The summed E-state index contributed by atoms with van der Waals surface area (Å²) in [5.74, 6) is 1.79. The van der Waals surface area contributed by atoms with Crippen LogP contribution in [0.3, 0.4) is 0 Å². The van der Waals surface area contributed by atoms with Gasteiger partial charge in [-0.3, -0.25) is 9.89 Å². The average Bonchev–Trinajstić information content (AvgIpc) is 2.85. The zero-order chi connectivity index (χ0) is 14.5. The van der Waals surface area contributed by atoms with Gasteiger partial charge in [0.25, 0.3) is 0 Å². The molecule has 0 aliphatic rings. The molecule has 0 aromatic carbocycles. The first-order chi connectivity index (χ1) is 9.56. The number of aromatic amines is 1. The summed E-state index contributed by atoms with van der Waals surface area (Å²) in [7, 11) is 3.49. The maximum Gasteiger partial charge on any atom is 0.242 e. The highest BCUT2D eigenvalue weighted by Gasteiger charge is 2.15. The van der Waals surface area contributed by atoms with E-state index in [9.17, 15) is 4.79 Å². The van der Waals surface area contributed by atoms with Gasteiger partial charge in [0.1, 0.15) is 5.82 Å². The zero-order valence-corrected chi connectivity index (χ0v) is 11.7. The summed E-state index contributed by atoms with van der Waals surface area (Å²) < 4.78 is 0. The fourth-order valence-corrected chi connectivity index (χ4v) is 1.64. The highest BCUT2D eigenvalue weighted by Crippen LogP contribution is 2.03. The molecule has 8 nitrogen and oxygen atoms in total. The molecule has 0 fully saturated rings. The number of carbonyl (C=O) groups excluding carboxylic acids is 1. The first-order valence-electron chi connectivity index (χ1n) is 6.16. The summed E-state index contributed by atoms with van der Waals surface area (Å²) in [6.07, 6.45) is 3.28. The molecular weight excluding hydrogens is 258 g/mol. The van der Waals surface area contributed by atoms with Crippen molar-refractivity contribution in [3.05, 3.63) is 30.1 Å². The number of likely N-dealkylation sites (N-methyl/N-ethyl adjacent to an activating group) is 2. The molecule has 20 heavy (non-hydrogen) atoms. The summed E-state index contributed by atoms with van der Waals surface area (Å²) >= 11 is 0.